The summed E-state index contributed by atoms with van der Waals surface area (Å²) in [6.07, 6.45) is 0.357. The van der Waals surface area contributed by atoms with E-state index >= 15 is 0 Å². The molecule has 1 aromatic rings. The van der Waals surface area contributed by atoms with E-state index in [2.05, 4.69) is 0 Å². The molecule has 144 valence electrons. The Labute approximate surface area is 154 Å². The lowest BCUT2D eigenvalue weighted by Crippen LogP contribution is -2.50. The zero-order chi connectivity index (χ0) is 19.2. The van der Waals surface area contributed by atoms with Gasteiger partial charge in [-0.05, 0) is 18.9 Å². The summed E-state index contributed by atoms with van der Waals surface area (Å²) < 4.78 is 28.6. The zero-order valence-electron chi connectivity index (χ0n) is 15.3. The van der Waals surface area contributed by atoms with E-state index in [-0.39, 0.29) is 24.7 Å². The van der Waals surface area contributed by atoms with Crippen molar-refractivity contribution in [3.63, 3.8) is 0 Å². The van der Waals surface area contributed by atoms with Gasteiger partial charge in [-0.15, -0.1) is 0 Å². The summed E-state index contributed by atoms with van der Waals surface area (Å²) in [7, 11) is -1.66. The fourth-order valence-electron chi connectivity index (χ4n) is 3.05. The first kappa shape index (κ1) is 20.4. The third-order valence-corrected chi connectivity index (χ3v) is 6.26. The van der Waals surface area contributed by atoms with E-state index in [1.807, 2.05) is 37.3 Å². The van der Waals surface area contributed by atoms with Gasteiger partial charge in [0.05, 0.1) is 18.1 Å². The van der Waals surface area contributed by atoms with Gasteiger partial charge in [-0.25, -0.2) is 8.42 Å². The Kier molecular flexibility index (Phi) is 7.16. The van der Waals surface area contributed by atoms with E-state index in [9.17, 15) is 18.0 Å². The minimum Gasteiger partial charge on any atom is -0.383 e. The van der Waals surface area contributed by atoms with Crippen molar-refractivity contribution in [2.75, 3.05) is 38.3 Å². The number of likely N-dealkylation sites (N-methyl/N-ethyl adjacent to an activating group) is 1. The Hall–Kier alpha value is -1.93. The highest BCUT2D eigenvalue weighted by atomic mass is 32.2. The number of ether oxygens (including phenoxy) is 1. The molecular weight excluding hydrogens is 356 g/mol. The molecule has 7 nitrogen and oxygen atoms in total. The van der Waals surface area contributed by atoms with Gasteiger partial charge in [0.15, 0.2) is 9.84 Å². The maximum Gasteiger partial charge on any atom is 0.312 e. The van der Waals surface area contributed by atoms with Crippen molar-refractivity contribution in [1.82, 2.24) is 9.80 Å². The molecule has 1 saturated heterocycles. The van der Waals surface area contributed by atoms with Gasteiger partial charge in [-0.2, -0.15) is 0 Å². The Bertz CT molecular complexity index is 720. The number of carbonyl (C=O) groups is 2. The summed E-state index contributed by atoms with van der Waals surface area (Å²) in [4.78, 5) is 28.4. The molecule has 0 aliphatic carbocycles. The van der Waals surface area contributed by atoms with Crippen LogP contribution < -0.4 is 0 Å². The van der Waals surface area contributed by atoms with Crippen LogP contribution in [0.4, 0.5) is 0 Å². The fourth-order valence-corrected chi connectivity index (χ4v) is 4.78. The molecule has 1 atom stereocenters. The van der Waals surface area contributed by atoms with Crippen LogP contribution in [-0.4, -0.2) is 74.4 Å². The maximum atomic E-state index is 12.8. The van der Waals surface area contributed by atoms with Gasteiger partial charge in [-0.1, -0.05) is 30.3 Å². The fraction of sp³-hybridized carbons (Fsp3) is 0.556. The molecule has 1 aliphatic rings. The van der Waals surface area contributed by atoms with Crippen LogP contribution in [0.15, 0.2) is 30.3 Å². The second-order valence-electron chi connectivity index (χ2n) is 6.35. The molecule has 1 heterocycles. The van der Waals surface area contributed by atoms with Gasteiger partial charge in [0.1, 0.15) is 0 Å². The molecule has 0 spiro atoms. The van der Waals surface area contributed by atoms with Crippen molar-refractivity contribution in [2.24, 2.45) is 0 Å². The number of sulfone groups is 1. The quantitative estimate of drug-likeness (QED) is 0.648. The summed E-state index contributed by atoms with van der Waals surface area (Å²) >= 11 is 0. The minimum absolute atomic E-state index is 0.0458. The Balaban J connectivity index is 2.13. The predicted molar refractivity (Wildman–Crippen MR) is 98.2 cm³/mol. The molecule has 1 fully saturated rings. The smallest absolute Gasteiger partial charge is 0.312 e. The average Bonchev–Trinajstić information content (AvgIpc) is 2.99. The van der Waals surface area contributed by atoms with Gasteiger partial charge in [-0.3, -0.25) is 9.59 Å². The largest absolute Gasteiger partial charge is 0.383 e. The van der Waals surface area contributed by atoms with Crippen molar-refractivity contribution in [1.29, 1.82) is 0 Å². The van der Waals surface area contributed by atoms with Crippen molar-refractivity contribution in [3.8, 4) is 0 Å². The molecule has 2 rings (SSSR count). The highest BCUT2D eigenvalue weighted by molar-refractivity contribution is 7.91. The Morgan fingerprint density at radius 1 is 1.19 bits per heavy atom. The van der Waals surface area contributed by atoms with Crippen LogP contribution in [0.3, 0.4) is 0 Å². The molecule has 0 aromatic heterocycles. The molecule has 8 heteroatoms. The highest BCUT2D eigenvalue weighted by Gasteiger charge is 2.37. The molecule has 26 heavy (non-hydrogen) atoms. The lowest BCUT2D eigenvalue weighted by Gasteiger charge is -2.30. The second kappa shape index (κ2) is 9.14. The van der Waals surface area contributed by atoms with Crippen LogP contribution in [0.25, 0.3) is 0 Å². The number of benzene rings is 1. The summed E-state index contributed by atoms with van der Waals surface area (Å²) in [5.41, 5.74) is 0.933. The van der Waals surface area contributed by atoms with E-state index in [4.69, 9.17) is 4.74 Å². The Morgan fingerprint density at radius 3 is 2.42 bits per heavy atom. The molecule has 0 saturated carbocycles. The summed E-state index contributed by atoms with van der Waals surface area (Å²) in [6.45, 7) is 2.99. The van der Waals surface area contributed by atoms with E-state index in [0.717, 1.165) is 5.56 Å². The van der Waals surface area contributed by atoms with Gasteiger partial charge in [0, 0.05) is 32.8 Å². The van der Waals surface area contributed by atoms with Crippen LogP contribution in [0.5, 0.6) is 0 Å². The first-order valence-corrected chi connectivity index (χ1v) is 10.5. The van der Waals surface area contributed by atoms with Crippen LogP contribution in [0, 0.1) is 0 Å². The van der Waals surface area contributed by atoms with E-state index in [0.29, 0.717) is 19.5 Å². The number of methoxy groups -OCH3 is 1. The van der Waals surface area contributed by atoms with Gasteiger partial charge < -0.3 is 14.5 Å². The van der Waals surface area contributed by atoms with Gasteiger partial charge in [0.2, 0.25) is 0 Å². The van der Waals surface area contributed by atoms with E-state index in [1.165, 1.54) is 16.9 Å². The third kappa shape index (κ3) is 5.28. The first-order valence-electron chi connectivity index (χ1n) is 8.71. The Morgan fingerprint density at radius 2 is 1.88 bits per heavy atom. The maximum absolute atomic E-state index is 12.8. The lowest BCUT2D eigenvalue weighted by molar-refractivity contribution is -0.153. The summed E-state index contributed by atoms with van der Waals surface area (Å²) in [5.74, 6) is -1.33. The SMILES string of the molecule is CCN(Cc1ccccc1)C(=O)C(=O)N(CCOC)C1CCS(=O)(=O)C1. The number of hydrogen-bond donors (Lipinski definition) is 0. The van der Waals surface area contributed by atoms with Crippen molar-refractivity contribution in [3.05, 3.63) is 35.9 Å². The van der Waals surface area contributed by atoms with Gasteiger partial charge >= 0.3 is 11.8 Å². The zero-order valence-corrected chi connectivity index (χ0v) is 16.1. The topological polar surface area (TPSA) is 84.0 Å². The van der Waals surface area contributed by atoms with Crippen molar-refractivity contribution < 1.29 is 22.7 Å². The first-order chi connectivity index (χ1) is 12.4. The molecule has 1 aliphatic heterocycles. The molecule has 1 aromatic carbocycles. The predicted octanol–water partition coefficient (Wildman–Crippen LogP) is 0.697. The number of rotatable bonds is 7. The summed E-state index contributed by atoms with van der Waals surface area (Å²) in [5, 5.41) is 0. The van der Waals surface area contributed by atoms with Crippen LogP contribution in [0.1, 0.15) is 18.9 Å². The monoisotopic (exact) mass is 382 g/mol. The number of amides is 2. The molecular formula is C18H26N2O5S. The number of carbonyl (C=O) groups excluding carboxylic acids is 2. The van der Waals surface area contributed by atoms with Crippen LogP contribution >= 0.6 is 0 Å². The standard InChI is InChI=1S/C18H26N2O5S/c1-3-19(13-15-7-5-4-6-8-15)17(21)18(22)20(10-11-25-2)16-9-12-26(23,24)14-16/h4-8,16H,3,9-14H2,1-2H3. The molecule has 0 radical (unpaired) electrons. The normalized spacial score (nSPS) is 18.5. The highest BCUT2D eigenvalue weighted by Crippen LogP contribution is 2.19. The molecule has 1 unspecified atom stereocenters. The summed E-state index contributed by atoms with van der Waals surface area (Å²) in [6, 6.07) is 8.97. The molecule has 0 bridgehead atoms. The van der Waals surface area contributed by atoms with E-state index in [1.54, 1.807) is 0 Å². The average molecular weight is 382 g/mol. The lowest BCUT2D eigenvalue weighted by atomic mass is 10.2. The molecule has 2 amide bonds. The van der Waals surface area contributed by atoms with Crippen molar-refractivity contribution >= 4 is 21.7 Å². The van der Waals surface area contributed by atoms with Crippen LogP contribution in [0.2, 0.25) is 0 Å². The van der Waals surface area contributed by atoms with Gasteiger partial charge in [0.25, 0.3) is 0 Å². The molecule has 0 N–H and O–H groups in total. The third-order valence-electron chi connectivity index (χ3n) is 4.51. The van der Waals surface area contributed by atoms with Crippen LogP contribution in [-0.2, 0) is 30.7 Å². The number of nitrogens with zero attached hydrogens (tertiary/aromatic N) is 2. The van der Waals surface area contributed by atoms with E-state index < -0.39 is 27.7 Å². The van der Waals surface area contributed by atoms with Crippen molar-refractivity contribution in [2.45, 2.75) is 25.9 Å². The second-order valence-corrected chi connectivity index (χ2v) is 8.58. The number of hydrogen-bond acceptors (Lipinski definition) is 5. The minimum atomic E-state index is -3.16.